The van der Waals surface area contributed by atoms with E-state index in [1.165, 1.54) is 0 Å². The molecule has 0 bridgehead atoms. The van der Waals surface area contributed by atoms with E-state index in [9.17, 15) is 4.79 Å². The van der Waals surface area contributed by atoms with Crippen molar-refractivity contribution in [3.63, 3.8) is 0 Å². The first-order valence-corrected chi connectivity index (χ1v) is 3.70. The number of aliphatic hydroxyl groups excluding tert-OH is 1. The van der Waals surface area contributed by atoms with Crippen molar-refractivity contribution in [3.8, 4) is 0 Å². The van der Waals surface area contributed by atoms with Crippen molar-refractivity contribution < 1.29 is 14.6 Å². The zero-order valence-electron chi connectivity index (χ0n) is 6.70. The van der Waals surface area contributed by atoms with Gasteiger partial charge in [-0.05, 0) is 0 Å². The molecular formula is C7H13NO3. The second kappa shape index (κ2) is 3.30. The number of ether oxygens (including phenoxy) is 1. The minimum absolute atomic E-state index is 0.0126. The number of rotatable bonds is 2. The molecule has 1 rings (SSSR count). The van der Waals surface area contributed by atoms with Crippen LogP contribution in [-0.4, -0.2) is 30.0 Å². The molecule has 0 aromatic heterocycles. The van der Waals surface area contributed by atoms with Gasteiger partial charge in [-0.15, -0.1) is 0 Å². The van der Waals surface area contributed by atoms with Gasteiger partial charge in [-0.1, -0.05) is 13.8 Å². The first-order chi connectivity index (χ1) is 5.11. The van der Waals surface area contributed by atoms with Gasteiger partial charge in [0, 0.05) is 5.92 Å². The summed E-state index contributed by atoms with van der Waals surface area (Å²) in [5.74, 6) is 0.0722. The van der Waals surface area contributed by atoms with E-state index in [0.29, 0.717) is 0 Å². The molecule has 1 heterocycles. The molecule has 0 aromatic carbocycles. The van der Waals surface area contributed by atoms with Gasteiger partial charge in [0.15, 0.2) is 5.78 Å². The summed E-state index contributed by atoms with van der Waals surface area (Å²) in [4.78, 5) is 11.2. The first kappa shape index (κ1) is 8.64. The topological polar surface area (TPSA) is 58.6 Å². The first-order valence-electron chi connectivity index (χ1n) is 3.70. The minimum Gasteiger partial charge on any atom is -0.356 e. The Bertz CT molecular complexity index is 158. The van der Waals surface area contributed by atoms with Crippen molar-refractivity contribution in [3.05, 3.63) is 0 Å². The van der Waals surface area contributed by atoms with Crippen LogP contribution < -0.4 is 5.32 Å². The Morgan fingerprint density at radius 3 is 2.73 bits per heavy atom. The van der Waals surface area contributed by atoms with Crippen LogP contribution in [0.2, 0.25) is 0 Å². The highest BCUT2D eigenvalue weighted by atomic mass is 16.6. The van der Waals surface area contributed by atoms with E-state index >= 15 is 0 Å². The smallest absolute Gasteiger partial charge is 0.214 e. The molecule has 1 aliphatic rings. The van der Waals surface area contributed by atoms with Gasteiger partial charge in [-0.25, -0.2) is 0 Å². The summed E-state index contributed by atoms with van der Waals surface area (Å²) in [6, 6.07) is -0.329. The Morgan fingerprint density at radius 2 is 2.36 bits per heavy atom. The van der Waals surface area contributed by atoms with Gasteiger partial charge in [-0.3, -0.25) is 10.1 Å². The maximum absolute atomic E-state index is 11.2. The fraction of sp³-hybridized carbons (Fsp3) is 0.857. The van der Waals surface area contributed by atoms with Gasteiger partial charge in [0.2, 0.25) is 6.41 Å². The van der Waals surface area contributed by atoms with Crippen LogP contribution in [0.5, 0.6) is 0 Å². The van der Waals surface area contributed by atoms with E-state index in [0.717, 1.165) is 0 Å². The summed E-state index contributed by atoms with van der Waals surface area (Å²) >= 11 is 0. The predicted octanol–water partition coefficient (Wildman–Crippen LogP) is -0.524. The molecule has 64 valence electrons. The molecule has 0 radical (unpaired) electrons. The molecule has 1 aliphatic heterocycles. The van der Waals surface area contributed by atoms with E-state index < -0.39 is 6.41 Å². The molecule has 0 amide bonds. The van der Waals surface area contributed by atoms with Gasteiger partial charge in [0.05, 0.1) is 12.6 Å². The normalized spacial score (nSPS) is 31.3. The molecule has 11 heavy (non-hydrogen) atoms. The van der Waals surface area contributed by atoms with Crippen molar-refractivity contribution in [1.82, 2.24) is 5.32 Å². The van der Waals surface area contributed by atoms with Crippen LogP contribution in [0.25, 0.3) is 0 Å². The largest absolute Gasteiger partial charge is 0.356 e. The van der Waals surface area contributed by atoms with E-state index in [4.69, 9.17) is 9.84 Å². The molecule has 0 spiro atoms. The van der Waals surface area contributed by atoms with Crippen molar-refractivity contribution in [2.75, 3.05) is 6.61 Å². The van der Waals surface area contributed by atoms with E-state index in [-0.39, 0.29) is 24.3 Å². The van der Waals surface area contributed by atoms with Crippen LogP contribution in [0.3, 0.4) is 0 Å². The lowest BCUT2D eigenvalue weighted by atomic mass is 10.0. The number of carbonyl (C=O) groups excluding carboxylic acids is 1. The minimum atomic E-state index is -0.970. The number of aliphatic hydroxyl groups is 1. The number of ketones is 1. The number of carbonyl (C=O) groups is 1. The summed E-state index contributed by atoms with van der Waals surface area (Å²) in [6.07, 6.45) is -0.970. The van der Waals surface area contributed by atoms with Gasteiger partial charge in [0.25, 0.3) is 0 Å². The summed E-state index contributed by atoms with van der Waals surface area (Å²) in [5, 5.41) is 11.5. The highest BCUT2D eigenvalue weighted by Crippen LogP contribution is 2.06. The van der Waals surface area contributed by atoms with Crippen LogP contribution >= 0.6 is 0 Å². The molecule has 2 N–H and O–H groups in total. The Balaban J connectivity index is 2.43. The standard InChI is InChI=1S/C7H13NO3/c1-4(2)6(9)5-3-11-7(10)8-5/h4-5,7-8,10H,3H2,1-2H3. The van der Waals surface area contributed by atoms with Crippen molar-refractivity contribution in [1.29, 1.82) is 0 Å². The Morgan fingerprint density at radius 1 is 1.73 bits per heavy atom. The summed E-state index contributed by atoms with van der Waals surface area (Å²) in [6.45, 7) is 3.93. The number of hydrogen-bond acceptors (Lipinski definition) is 4. The SMILES string of the molecule is CC(C)C(=O)C1COC(O)N1. The number of hydrogen-bond donors (Lipinski definition) is 2. The van der Waals surface area contributed by atoms with E-state index in [1.54, 1.807) is 0 Å². The Labute approximate surface area is 65.5 Å². The maximum Gasteiger partial charge on any atom is 0.214 e. The van der Waals surface area contributed by atoms with E-state index in [1.807, 2.05) is 13.8 Å². The van der Waals surface area contributed by atoms with Gasteiger partial charge >= 0.3 is 0 Å². The van der Waals surface area contributed by atoms with E-state index in [2.05, 4.69) is 5.32 Å². The third kappa shape index (κ3) is 1.99. The second-order valence-corrected chi connectivity index (χ2v) is 2.96. The number of nitrogens with one attached hydrogen (secondary N) is 1. The van der Waals surface area contributed by atoms with Gasteiger partial charge in [0.1, 0.15) is 0 Å². The van der Waals surface area contributed by atoms with Crippen LogP contribution in [0.15, 0.2) is 0 Å². The molecule has 2 atom stereocenters. The third-order valence-electron chi connectivity index (χ3n) is 1.68. The third-order valence-corrected chi connectivity index (χ3v) is 1.68. The highest BCUT2D eigenvalue weighted by Gasteiger charge is 2.29. The van der Waals surface area contributed by atoms with Crippen LogP contribution in [0, 0.1) is 5.92 Å². The zero-order chi connectivity index (χ0) is 8.43. The maximum atomic E-state index is 11.2. The quantitative estimate of drug-likeness (QED) is 0.569. The molecule has 0 aromatic rings. The van der Waals surface area contributed by atoms with Crippen molar-refractivity contribution >= 4 is 5.78 Å². The van der Waals surface area contributed by atoms with Gasteiger partial charge in [-0.2, -0.15) is 0 Å². The fourth-order valence-corrected chi connectivity index (χ4v) is 1.02. The van der Waals surface area contributed by atoms with Crippen LogP contribution in [0.1, 0.15) is 13.8 Å². The zero-order valence-corrected chi connectivity index (χ0v) is 6.70. The monoisotopic (exact) mass is 159 g/mol. The summed E-state index contributed by atoms with van der Waals surface area (Å²) in [5.41, 5.74) is 0. The lowest BCUT2D eigenvalue weighted by Gasteiger charge is -2.09. The average molecular weight is 159 g/mol. The molecule has 0 aliphatic carbocycles. The second-order valence-electron chi connectivity index (χ2n) is 2.96. The predicted molar refractivity (Wildman–Crippen MR) is 38.7 cm³/mol. The lowest BCUT2D eigenvalue weighted by Crippen LogP contribution is -2.38. The van der Waals surface area contributed by atoms with Crippen LogP contribution in [0.4, 0.5) is 0 Å². The summed E-state index contributed by atoms with van der Waals surface area (Å²) < 4.78 is 4.76. The molecular weight excluding hydrogens is 146 g/mol. The van der Waals surface area contributed by atoms with Crippen LogP contribution in [-0.2, 0) is 9.53 Å². The molecule has 2 unspecified atom stereocenters. The Hall–Kier alpha value is -0.450. The number of Topliss-reactive ketones (excluding diaryl/α,β-unsaturated/α-hetero) is 1. The summed E-state index contributed by atoms with van der Waals surface area (Å²) in [7, 11) is 0. The highest BCUT2D eigenvalue weighted by molar-refractivity contribution is 5.86. The molecule has 1 fully saturated rings. The van der Waals surface area contributed by atoms with Gasteiger partial charge < -0.3 is 9.84 Å². The van der Waals surface area contributed by atoms with Crippen molar-refractivity contribution in [2.45, 2.75) is 26.3 Å². The van der Waals surface area contributed by atoms with Crippen molar-refractivity contribution in [2.24, 2.45) is 5.92 Å². The molecule has 1 saturated heterocycles. The Kier molecular flexibility index (Phi) is 2.59. The average Bonchev–Trinajstić information content (AvgIpc) is 2.34. The molecule has 0 saturated carbocycles. The fourth-order valence-electron chi connectivity index (χ4n) is 1.02. The molecule has 4 heteroatoms. The molecule has 4 nitrogen and oxygen atoms in total. The lowest BCUT2D eigenvalue weighted by molar-refractivity contribution is -0.123.